The molecule has 4 rings (SSSR count). The van der Waals surface area contributed by atoms with Crippen molar-refractivity contribution in [3.05, 3.63) is 93.6 Å². The summed E-state index contributed by atoms with van der Waals surface area (Å²) >= 11 is 0. The van der Waals surface area contributed by atoms with Gasteiger partial charge >= 0.3 is 6.18 Å². The first kappa shape index (κ1) is 30.5. The number of nitrogens with one attached hydrogen (secondary N) is 2. The number of nitrogens with zero attached hydrogens (tertiary/aromatic N) is 1. The van der Waals surface area contributed by atoms with E-state index in [2.05, 4.69) is 10.6 Å². The molecule has 0 saturated heterocycles. The van der Waals surface area contributed by atoms with E-state index < -0.39 is 52.7 Å². The van der Waals surface area contributed by atoms with Gasteiger partial charge in [-0.25, -0.2) is 8.78 Å². The van der Waals surface area contributed by atoms with Gasteiger partial charge in [0.25, 0.3) is 17.7 Å². The first-order valence-electron chi connectivity index (χ1n) is 13.1. The Bertz CT molecular complexity index is 1530. The Morgan fingerprint density at radius 2 is 1.93 bits per heavy atom. The van der Waals surface area contributed by atoms with E-state index in [1.54, 1.807) is 27.0 Å². The van der Waals surface area contributed by atoms with Crippen molar-refractivity contribution in [3.63, 3.8) is 0 Å². The zero-order valence-electron chi connectivity index (χ0n) is 23.0. The number of amides is 3. The molecule has 222 valence electrons. The molecule has 0 aliphatic carbocycles. The van der Waals surface area contributed by atoms with Crippen LogP contribution in [0.3, 0.4) is 0 Å². The highest BCUT2D eigenvalue weighted by Crippen LogP contribution is 2.43. The van der Waals surface area contributed by atoms with Crippen LogP contribution in [0.2, 0.25) is 0 Å². The molecule has 2 heterocycles. The van der Waals surface area contributed by atoms with Crippen molar-refractivity contribution in [2.45, 2.75) is 38.9 Å². The zero-order valence-corrected chi connectivity index (χ0v) is 23.0. The summed E-state index contributed by atoms with van der Waals surface area (Å²) in [5, 5.41) is 5.21. The fourth-order valence-corrected chi connectivity index (χ4v) is 4.71. The first-order valence-corrected chi connectivity index (χ1v) is 13.1. The monoisotopic (exact) mass is 589 g/mol. The number of alkyl halides is 3. The number of rotatable bonds is 6. The summed E-state index contributed by atoms with van der Waals surface area (Å²) in [5.41, 5.74) is -1.39. The van der Waals surface area contributed by atoms with Crippen molar-refractivity contribution in [2.24, 2.45) is 0 Å². The molecule has 2 aromatic carbocycles. The zero-order chi connectivity index (χ0) is 30.8. The number of hydrogen-bond acceptors (Lipinski definition) is 4. The first-order chi connectivity index (χ1) is 19.8. The number of fused-ring (bicyclic) bond motifs is 3. The molecule has 2 aromatic rings. The number of benzene rings is 2. The Balaban J connectivity index is 1.85. The molecule has 7 nitrogen and oxygen atoms in total. The largest absolute Gasteiger partial charge is 0.492 e. The fraction of sp³-hybridized carbons (Fsp3) is 0.300. The number of anilines is 1. The van der Waals surface area contributed by atoms with Gasteiger partial charge in [0.05, 0.1) is 29.3 Å². The van der Waals surface area contributed by atoms with Crippen molar-refractivity contribution in [1.82, 2.24) is 10.2 Å². The Kier molecular flexibility index (Phi) is 8.83. The van der Waals surface area contributed by atoms with Gasteiger partial charge in [0.2, 0.25) is 0 Å². The van der Waals surface area contributed by atoms with Crippen molar-refractivity contribution < 1.29 is 41.1 Å². The van der Waals surface area contributed by atoms with Crippen molar-refractivity contribution in [2.75, 3.05) is 25.5 Å². The maximum Gasteiger partial charge on any atom is 0.416 e. The van der Waals surface area contributed by atoms with Crippen LogP contribution in [0.5, 0.6) is 5.75 Å². The van der Waals surface area contributed by atoms with Gasteiger partial charge in [-0.3, -0.25) is 14.4 Å². The molecule has 0 saturated carbocycles. The fourth-order valence-electron chi connectivity index (χ4n) is 4.71. The lowest BCUT2D eigenvalue weighted by molar-refractivity contribution is -0.137. The lowest BCUT2D eigenvalue weighted by Gasteiger charge is -2.25. The van der Waals surface area contributed by atoms with Gasteiger partial charge in [-0.05, 0) is 56.2 Å². The molecule has 0 radical (unpaired) electrons. The molecule has 42 heavy (non-hydrogen) atoms. The number of allylic oxidation sites excluding steroid dienone is 5. The summed E-state index contributed by atoms with van der Waals surface area (Å²) in [6.07, 6.45) is 1.77. The van der Waals surface area contributed by atoms with Crippen molar-refractivity contribution in [1.29, 1.82) is 0 Å². The summed E-state index contributed by atoms with van der Waals surface area (Å²) in [5.74, 6) is -3.94. The van der Waals surface area contributed by atoms with E-state index in [1.807, 2.05) is 0 Å². The Labute approximate surface area is 238 Å². The van der Waals surface area contributed by atoms with E-state index in [1.165, 1.54) is 29.2 Å². The predicted molar refractivity (Wildman–Crippen MR) is 145 cm³/mol. The third-order valence-corrected chi connectivity index (χ3v) is 6.68. The molecular weight excluding hydrogens is 561 g/mol. The minimum atomic E-state index is -4.90. The van der Waals surface area contributed by atoms with Gasteiger partial charge < -0.3 is 20.3 Å². The van der Waals surface area contributed by atoms with E-state index in [0.29, 0.717) is 37.1 Å². The SMILES string of the molecule is CC\C=C(F)/C=C\C(C)=C\C1NC(=O)c2c3c(cc(NC(=O)c4cc(F)cc(C(F)(F)F)c4)c21)C(=O)N(C)CCCO3. The van der Waals surface area contributed by atoms with Gasteiger partial charge in [0.1, 0.15) is 17.4 Å². The second-order valence-electron chi connectivity index (χ2n) is 9.89. The summed E-state index contributed by atoms with van der Waals surface area (Å²) in [4.78, 5) is 41.1. The second-order valence-corrected chi connectivity index (χ2v) is 9.89. The molecule has 12 heteroatoms. The number of halogens is 5. The van der Waals surface area contributed by atoms with Crippen LogP contribution < -0.4 is 15.4 Å². The molecule has 2 N–H and O–H groups in total. The van der Waals surface area contributed by atoms with Crippen LogP contribution in [0.4, 0.5) is 27.6 Å². The molecule has 2 aliphatic heterocycles. The Hall–Kier alpha value is -4.48. The van der Waals surface area contributed by atoms with Gasteiger partial charge in [-0.15, -0.1) is 0 Å². The number of carbonyl (C=O) groups is 3. The number of ether oxygens (including phenoxy) is 1. The molecule has 0 fully saturated rings. The van der Waals surface area contributed by atoms with Crippen LogP contribution in [-0.2, 0) is 6.18 Å². The molecule has 1 atom stereocenters. The van der Waals surface area contributed by atoms with E-state index >= 15 is 0 Å². The maximum atomic E-state index is 14.1. The molecule has 2 aliphatic rings. The lowest BCUT2D eigenvalue weighted by atomic mass is 9.95. The number of carbonyl (C=O) groups excluding carboxylic acids is 3. The molecule has 0 bridgehead atoms. The van der Waals surface area contributed by atoms with Crippen molar-refractivity contribution >= 4 is 23.4 Å². The summed E-state index contributed by atoms with van der Waals surface area (Å²) < 4.78 is 73.7. The lowest BCUT2D eigenvalue weighted by Crippen LogP contribution is -2.32. The minimum absolute atomic E-state index is 0.00295. The second kappa shape index (κ2) is 12.2. The number of hydrogen-bond donors (Lipinski definition) is 2. The minimum Gasteiger partial charge on any atom is -0.492 e. The van der Waals surface area contributed by atoms with Gasteiger partial charge in [0, 0.05) is 30.4 Å². The Morgan fingerprint density at radius 3 is 2.62 bits per heavy atom. The highest BCUT2D eigenvalue weighted by Gasteiger charge is 2.38. The average Bonchev–Trinajstić information content (AvgIpc) is 3.24. The highest BCUT2D eigenvalue weighted by atomic mass is 19.4. The van der Waals surface area contributed by atoms with Crippen LogP contribution in [-0.4, -0.2) is 42.8 Å². The van der Waals surface area contributed by atoms with E-state index in [0.717, 1.165) is 0 Å². The smallest absolute Gasteiger partial charge is 0.416 e. The standard InChI is InChI=1S/C30H28F5N3O4/c1-4-6-19(31)8-7-16(2)11-22-24-23(36-27(39)17-12-18(30(33,34)35)14-20(32)13-17)15-21-26(25(24)28(40)37-22)42-10-5-9-38(3)29(21)41/h6-8,11-15,22H,4-5,9-10H2,1-3H3,(H,36,39)(H,37,40)/b8-7-,16-11+,19-6+. The van der Waals surface area contributed by atoms with Crippen LogP contribution >= 0.6 is 0 Å². The maximum absolute atomic E-state index is 14.1. The normalized spacial score (nSPS) is 17.8. The molecular formula is C30H28F5N3O4. The molecule has 0 spiro atoms. The quantitative estimate of drug-likeness (QED) is 0.298. The van der Waals surface area contributed by atoms with Gasteiger partial charge in [-0.2, -0.15) is 13.2 Å². The summed E-state index contributed by atoms with van der Waals surface area (Å²) in [7, 11) is 1.56. The average molecular weight is 590 g/mol. The molecule has 0 aromatic heterocycles. The summed E-state index contributed by atoms with van der Waals surface area (Å²) in [6, 6.07) is 1.81. The highest BCUT2D eigenvalue weighted by molar-refractivity contribution is 6.12. The van der Waals surface area contributed by atoms with E-state index in [-0.39, 0.29) is 40.8 Å². The van der Waals surface area contributed by atoms with Crippen LogP contribution in [0.15, 0.2) is 60.0 Å². The van der Waals surface area contributed by atoms with Crippen LogP contribution in [0.25, 0.3) is 0 Å². The van der Waals surface area contributed by atoms with Crippen LogP contribution in [0.1, 0.15) is 74.9 Å². The Morgan fingerprint density at radius 1 is 1.19 bits per heavy atom. The predicted octanol–water partition coefficient (Wildman–Crippen LogP) is 6.50. The van der Waals surface area contributed by atoms with Gasteiger partial charge in [0.15, 0.2) is 0 Å². The molecule has 1 unspecified atom stereocenters. The third-order valence-electron chi connectivity index (χ3n) is 6.68. The molecule has 3 amide bonds. The van der Waals surface area contributed by atoms with Crippen LogP contribution in [0, 0.1) is 5.82 Å². The van der Waals surface area contributed by atoms with E-state index in [4.69, 9.17) is 4.74 Å². The summed E-state index contributed by atoms with van der Waals surface area (Å²) in [6.45, 7) is 3.98. The van der Waals surface area contributed by atoms with Crippen molar-refractivity contribution in [3.8, 4) is 5.75 Å². The topological polar surface area (TPSA) is 87.7 Å². The third kappa shape index (κ3) is 6.53. The van der Waals surface area contributed by atoms with E-state index in [9.17, 15) is 36.3 Å². The van der Waals surface area contributed by atoms with Gasteiger partial charge in [-0.1, -0.05) is 24.6 Å².